The summed E-state index contributed by atoms with van der Waals surface area (Å²) in [5.74, 6) is 0.0415. The predicted molar refractivity (Wildman–Crippen MR) is 53.5 cm³/mol. The van der Waals surface area contributed by atoms with Gasteiger partial charge in [-0.1, -0.05) is 41.5 Å². The number of hydrogen-bond acceptors (Lipinski definition) is 2. The molecule has 0 aromatic rings. The topological polar surface area (TPSA) is 34.1 Å². The average Bonchev–Trinajstić information content (AvgIpc) is 1.82. The molecule has 3 heteroatoms. The van der Waals surface area contributed by atoms with Gasteiger partial charge in [-0.2, -0.15) is 0 Å². The van der Waals surface area contributed by atoms with Crippen LogP contribution in [0.3, 0.4) is 0 Å². The summed E-state index contributed by atoms with van der Waals surface area (Å²) in [6.45, 7) is 11.0. The molecule has 0 unspecified atom stereocenters. The van der Waals surface area contributed by atoms with Crippen LogP contribution < -0.4 is 0 Å². The molecule has 2 nitrogen and oxygen atoms in total. The van der Waals surface area contributed by atoms with Gasteiger partial charge in [0, 0.05) is 10.8 Å². The summed E-state index contributed by atoms with van der Waals surface area (Å²) in [5, 5.41) is 0. The zero-order chi connectivity index (χ0) is 10.9. The molecule has 0 atom stereocenters. The average molecular weight is 292 g/mol. The summed E-state index contributed by atoms with van der Waals surface area (Å²) in [6, 6.07) is 0. The molecular formula is C11H20AgO2+. The molecule has 0 aromatic carbocycles. The Hall–Kier alpha value is 0.0803. The molecule has 0 radical (unpaired) electrons. The number of hydrogen-bond donors (Lipinski definition) is 0. The third-order valence-electron chi connectivity index (χ3n) is 1.99. The Morgan fingerprint density at radius 1 is 0.786 bits per heavy atom. The van der Waals surface area contributed by atoms with Crippen LogP contribution in [0.15, 0.2) is 0 Å². The van der Waals surface area contributed by atoms with Crippen LogP contribution >= 0.6 is 0 Å². The molecule has 0 heterocycles. The minimum absolute atomic E-state index is 0. The Morgan fingerprint density at radius 2 is 1.00 bits per heavy atom. The van der Waals surface area contributed by atoms with Gasteiger partial charge >= 0.3 is 22.4 Å². The fourth-order valence-corrected chi connectivity index (χ4v) is 0.676. The van der Waals surface area contributed by atoms with Crippen molar-refractivity contribution < 1.29 is 32.0 Å². The standard InChI is InChI=1S/C11H20O2.Ag/c1-10(2,3)8(12)7-9(13)11(4,5)6;/h7H2,1-6H3;/q;+1. The Kier molecular flexibility index (Phi) is 6.18. The summed E-state index contributed by atoms with van der Waals surface area (Å²) < 4.78 is 0. The van der Waals surface area contributed by atoms with Crippen molar-refractivity contribution in [3.05, 3.63) is 0 Å². The van der Waals surface area contributed by atoms with Crippen LogP contribution in [0.4, 0.5) is 0 Å². The summed E-state index contributed by atoms with van der Waals surface area (Å²) in [4.78, 5) is 23.0. The van der Waals surface area contributed by atoms with E-state index in [1.54, 1.807) is 0 Å². The molecule has 0 saturated carbocycles. The minimum Gasteiger partial charge on any atom is -0.299 e. The maximum Gasteiger partial charge on any atom is 1.00 e. The molecule has 0 aliphatic rings. The van der Waals surface area contributed by atoms with Gasteiger partial charge in [0.2, 0.25) is 0 Å². The van der Waals surface area contributed by atoms with Gasteiger partial charge in [0.1, 0.15) is 11.6 Å². The van der Waals surface area contributed by atoms with Gasteiger partial charge in [-0.05, 0) is 0 Å². The van der Waals surface area contributed by atoms with Gasteiger partial charge in [-0.15, -0.1) is 0 Å². The van der Waals surface area contributed by atoms with Gasteiger partial charge in [0.25, 0.3) is 0 Å². The smallest absolute Gasteiger partial charge is 0.299 e. The third-order valence-corrected chi connectivity index (χ3v) is 1.99. The van der Waals surface area contributed by atoms with E-state index in [1.807, 2.05) is 41.5 Å². The van der Waals surface area contributed by atoms with E-state index >= 15 is 0 Å². The number of ketones is 2. The van der Waals surface area contributed by atoms with E-state index in [0.29, 0.717) is 0 Å². The van der Waals surface area contributed by atoms with Gasteiger partial charge in [0.05, 0.1) is 6.42 Å². The minimum atomic E-state index is -0.402. The van der Waals surface area contributed by atoms with Crippen molar-refractivity contribution in [2.75, 3.05) is 0 Å². The molecule has 0 N–H and O–H groups in total. The fourth-order valence-electron chi connectivity index (χ4n) is 0.676. The molecule has 0 amide bonds. The van der Waals surface area contributed by atoms with E-state index in [9.17, 15) is 9.59 Å². The van der Waals surface area contributed by atoms with Crippen molar-refractivity contribution >= 4 is 11.6 Å². The number of carbonyl (C=O) groups is 2. The van der Waals surface area contributed by atoms with Crippen LogP contribution in [-0.4, -0.2) is 11.6 Å². The van der Waals surface area contributed by atoms with Gasteiger partial charge in [0.15, 0.2) is 0 Å². The molecule has 0 bridgehead atoms. The first kappa shape index (κ1) is 16.5. The molecule has 0 aliphatic heterocycles. The Balaban J connectivity index is 0. The van der Waals surface area contributed by atoms with Gasteiger partial charge in [-0.25, -0.2) is 0 Å². The number of rotatable bonds is 2. The van der Waals surface area contributed by atoms with E-state index in [4.69, 9.17) is 0 Å². The van der Waals surface area contributed by atoms with Crippen LogP contribution in [0.1, 0.15) is 48.0 Å². The number of carbonyl (C=O) groups excluding carboxylic acids is 2. The Bertz CT molecular complexity index is 194. The van der Waals surface area contributed by atoms with Crippen molar-refractivity contribution in [2.45, 2.75) is 48.0 Å². The van der Waals surface area contributed by atoms with E-state index in [0.717, 1.165) is 0 Å². The Morgan fingerprint density at radius 3 is 1.14 bits per heavy atom. The molecule has 0 fully saturated rings. The first-order valence-electron chi connectivity index (χ1n) is 4.62. The van der Waals surface area contributed by atoms with Gasteiger partial charge in [-0.3, -0.25) is 9.59 Å². The Labute approximate surface area is 102 Å². The maximum atomic E-state index is 11.5. The van der Waals surface area contributed by atoms with E-state index in [-0.39, 0.29) is 40.4 Å². The second-order valence-electron chi connectivity index (χ2n) is 5.52. The predicted octanol–water partition coefficient (Wildman–Crippen LogP) is 2.60. The normalized spacial score (nSPS) is 11.9. The molecular weight excluding hydrogens is 272 g/mol. The van der Waals surface area contributed by atoms with Crippen LogP contribution in [0.2, 0.25) is 0 Å². The molecule has 14 heavy (non-hydrogen) atoms. The van der Waals surface area contributed by atoms with Crippen LogP contribution in [0.25, 0.3) is 0 Å². The van der Waals surface area contributed by atoms with Crippen molar-refractivity contribution in [1.29, 1.82) is 0 Å². The molecule has 0 saturated heterocycles. The molecule has 0 aliphatic carbocycles. The zero-order valence-electron chi connectivity index (χ0n) is 9.83. The van der Waals surface area contributed by atoms with Crippen LogP contribution in [-0.2, 0) is 32.0 Å². The van der Waals surface area contributed by atoms with Crippen molar-refractivity contribution in [3.63, 3.8) is 0 Å². The molecule has 0 spiro atoms. The second-order valence-corrected chi connectivity index (χ2v) is 5.52. The van der Waals surface area contributed by atoms with Crippen LogP contribution in [0, 0.1) is 10.8 Å². The third kappa shape index (κ3) is 5.74. The largest absolute Gasteiger partial charge is 1.00 e. The first-order chi connectivity index (χ1) is 5.55. The SMILES string of the molecule is CC(C)(C)C(=O)CC(=O)C(C)(C)C.[Ag+]. The number of Topliss-reactive ketones (excluding diaryl/α,β-unsaturated/α-hetero) is 2. The molecule has 0 aromatic heterocycles. The zero-order valence-corrected chi connectivity index (χ0v) is 11.3. The van der Waals surface area contributed by atoms with E-state index in [1.165, 1.54) is 0 Å². The molecule has 86 valence electrons. The fraction of sp³-hybridized carbons (Fsp3) is 0.818. The summed E-state index contributed by atoms with van der Waals surface area (Å²) >= 11 is 0. The van der Waals surface area contributed by atoms with Crippen molar-refractivity contribution in [1.82, 2.24) is 0 Å². The molecule has 0 rings (SSSR count). The quantitative estimate of drug-likeness (QED) is 0.579. The van der Waals surface area contributed by atoms with Crippen molar-refractivity contribution in [2.24, 2.45) is 10.8 Å². The summed E-state index contributed by atoms with van der Waals surface area (Å²) in [5.41, 5.74) is -0.804. The first-order valence-corrected chi connectivity index (χ1v) is 4.62. The summed E-state index contributed by atoms with van der Waals surface area (Å²) in [6.07, 6.45) is 0.0625. The maximum absolute atomic E-state index is 11.5. The monoisotopic (exact) mass is 291 g/mol. The van der Waals surface area contributed by atoms with E-state index in [2.05, 4.69) is 0 Å². The summed E-state index contributed by atoms with van der Waals surface area (Å²) in [7, 11) is 0. The van der Waals surface area contributed by atoms with Crippen molar-refractivity contribution in [3.8, 4) is 0 Å². The van der Waals surface area contributed by atoms with Gasteiger partial charge < -0.3 is 0 Å². The van der Waals surface area contributed by atoms with E-state index < -0.39 is 10.8 Å². The van der Waals surface area contributed by atoms with Crippen LogP contribution in [0.5, 0.6) is 0 Å². The second kappa shape index (κ2) is 5.24.